The van der Waals surface area contributed by atoms with Crippen LogP contribution in [0.2, 0.25) is 0 Å². The molecule has 0 aliphatic rings. The summed E-state index contributed by atoms with van der Waals surface area (Å²) in [5.74, 6) is 0. The van der Waals surface area contributed by atoms with Gasteiger partial charge in [0.1, 0.15) is 0 Å². The molecule has 0 bridgehead atoms. The van der Waals surface area contributed by atoms with Crippen molar-refractivity contribution >= 4 is 0 Å². The molecular formula is C13H32N+. The summed E-state index contributed by atoms with van der Waals surface area (Å²) in [5.41, 5.74) is 0. The van der Waals surface area contributed by atoms with Gasteiger partial charge in [-0.15, -0.1) is 0 Å². The van der Waals surface area contributed by atoms with Gasteiger partial charge in [0.25, 0.3) is 0 Å². The fraction of sp³-hybridized carbons (Fsp3) is 1.00. The first kappa shape index (κ1) is 16.4. The third-order valence-electron chi connectivity index (χ3n) is 2.79. The molecule has 0 fully saturated rings. The van der Waals surface area contributed by atoms with Crippen LogP contribution in [-0.4, -0.2) is 30.7 Å². The van der Waals surface area contributed by atoms with Crippen LogP contribution < -0.4 is 0 Å². The van der Waals surface area contributed by atoms with Gasteiger partial charge in [0.05, 0.1) is 26.2 Å². The average Bonchev–Trinajstić information content (AvgIpc) is 2.06. The Morgan fingerprint density at radius 2 is 0.786 bits per heavy atom. The van der Waals surface area contributed by atoms with E-state index in [2.05, 4.69) is 27.7 Å². The van der Waals surface area contributed by atoms with E-state index < -0.39 is 0 Å². The quantitative estimate of drug-likeness (QED) is 0.520. The van der Waals surface area contributed by atoms with Crippen LogP contribution in [0.4, 0.5) is 0 Å². The minimum atomic E-state index is 0. The van der Waals surface area contributed by atoms with Crippen molar-refractivity contribution in [2.45, 2.75) is 60.8 Å². The molecule has 0 atom stereocenters. The Morgan fingerprint density at radius 3 is 0.929 bits per heavy atom. The molecule has 0 spiro atoms. The van der Waals surface area contributed by atoms with Crippen LogP contribution in [0.25, 0.3) is 0 Å². The molecule has 0 N–H and O–H groups in total. The Morgan fingerprint density at radius 1 is 0.571 bits per heavy atom. The van der Waals surface area contributed by atoms with E-state index in [1.807, 2.05) is 0 Å². The second-order valence-corrected chi connectivity index (χ2v) is 4.24. The van der Waals surface area contributed by atoms with Crippen molar-refractivity contribution in [2.24, 2.45) is 0 Å². The predicted octanol–water partition coefficient (Wildman–Crippen LogP) is 4.08. The first-order valence-electron chi connectivity index (χ1n) is 6.09. The van der Waals surface area contributed by atoms with E-state index >= 15 is 0 Å². The van der Waals surface area contributed by atoms with E-state index in [9.17, 15) is 0 Å². The van der Waals surface area contributed by atoms with E-state index in [0.717, 1.165) is 0 Å². The molecule has 0 aliphatic heterocycles. The standard InChI is InChI=1S/C12H28N.CH4/c1-5-9-13(10-6-2,11-7-3)12-8-4;/h5-12H2,1-4H3;1H4/q+1;. The molecule has 0 saturated carbocycles. The van der Waals surface area contributed by atoms with Crippen molar-refractivity contribution in [3.8, 4) is 0 Å². The number of quaternary nitrogens is 1. The number of rotatable bonds is 8. The van der Waals surface area contributed by atoms with E-state index in [4.69, 9.17) is 0 Å². The molecule has 0 aromatic rings. The van der Waals surface area contributed by atoms with Crippen LogP contribution in [0.5, 0.6) is 0 Å². The Labute approximate surface area is 92.1 Å². The Balaban J connectivity index is 0. The van der Waals surface area contributed by atoms with Gasteiger partial charge in [0.15, 0.2) is 0 Å². The van der Waals surface area contributed by atoms with Gasteiger partial charge in [-0.1, -0.05) is 35.1 Å². The summed E-state index contributed by atoms with van der Waals surface area (Å²) in [5, 5.41) is 0. The van der Waals surface area contributed by atoms with E-state index in [0.29, 0.717) is 0 Å². The summed E-state index contributed by atoms with van der Waals surface area (Å²) in [4.78, 5) is 0. The minimum Gasteiger partial charge on any atom is -0.324 e. The van der Waals surface area contributed by atoms with Crippen molar-refractivity contribution in [3.05, 3.63) is 0 Å². The molecule has 1 nitrogen and oxygen atoms in total. The molecule has 1 heteroatoms. The first-order chi connectivity index (χ1) is 6.24. The van der Waals surface area contributed by atoms with Gasteiger partial charge in [-0.2, -0.15) is 0 Å². The monoisotopic (exact) mass is 202 g/mol. The highest BCUT2D eigenvalue weighted by Crippen LogP contribution is 2.12. The van der Waals surface area contributed by atoms with E-state index in [1.54, 1.807) is 0 Å². The van der Waals surface area contributed by atoms with Crippen LogP contribution in [-0.2, 0) is 0 Å². The normalized spacial score (nSPS) is 11.1. The maximum atomic E-state index is 2.31. The fourth-order valence-electron chi connectivity index (χ4n) is 2.57. The number of nitrogens with zero attached hydrogens (tertiary/aromatic N) is 1. The van der Waals surface area contributed by atoms with Crippen molar-refractivity contribution < 1.29 is 4.48 Å². The van der Waals surface area contributed by atoms with Gasteiger partial charge < -0.3 is 4.48 Å². The molecular weight excluding hydrogens is 170 g/mol. The summed E-state index contributed by atoms with van der Waals surface area (Å²) < 4.78 is 1.38. The zero-order valence-electron chi connectivity index (χ0n) is 10.1. The summed E-state index contributed by atoms with van der Waals surface area (Å²) in [6.45, 7) is 14.8. The average molecular weight is 202 g/mol. The summed E-state index contributed by atoms with van der Waals surface area (Å²) >= 11 is 0. The highest BCUT2D eigenvalue weighted by atomic mass is 15.3. The van der Waals surface area contributed by atoms with Crippen molar-refractivity contribution in [1.82, 2.24) is 0 Å². The van der Waals surface area contributed by atoms with Gasteiger partial charge in [-0.3, -0.25) is 0 Å². The first-order valence-corrected chi connectivity index (χ1v) is 6.09. The molecule has 0 unspecified atom stereocenters. The van der Waals surface area contributed by atoms with E-state index in [-0.39, 0.29) is 7.43 Å². The summed E-state index contributed by atoms with van der Waals surface area (Å²) in [7, 11) is 0. The Kier molecular flexibility index (Phi) is 11.1. The van der Waals surface area contributed by atoms with Crippen LogP contribution in [0.15, 0.2) is 0 Å². The SMILES string of the molecule is C.CCC[N+](CCC)(CCC)CCC. The number of hydrogen-bond donors (Lipinski definition) is 0. The second kappa shape index (κ2) is 9.51. The van der Waals surface area contributed by atoms with Gasteiger partial charge in [-0.25, -0.2) is 0 Å². The van der Waals surface area contributed by atoms with E-state index in [1.165, 1.54) is 56.3 Å². The molecule has 0 radical (unpaired) electrons. The third-order valence-corrected chi connectivity index (χ3v) is 2.79. The van der Waals surface area contributed by atoms with Gasteiger partial charge >= 0.3 is 0 Å². The van der Waals surface area contributed by atoms with Gasteiger partial charge in [0.2, 0.25) is 0 Å². The lowest BCUT2D eigenvalue weighted by atomic mass is 10.2. The predicted molar refractivity (Wildman–Crippen MR) is 67.6 cm³/mol. The topological polar surface area (TPSA) is 0 Å². The van der Waals surface area contributed by atoms with Crippen LogP contribution in [0.1, 0.15) is 60.8 Å². The van der Waals surface area contributed by atoms with Crippen LogP contribution in [0, 0.1) is 0 Å². The number of hydrogen-bond acceptors (Lipinski definition) is 0. The molecule has 0 rings (SSSR count). The van der Waals surface area contributed by atoms with Crippen molar-refractivity contribution in [3.63, 3.8) is 0 Å². The molecule has 88 valence electrons. The molecule has 0 aromatic heterocycles. The maximum Gasteiger partial charge on any atom is 0.0783 e. The largest absolute Gasteiger partial charge is 0.324 e. The molecule has 0 saturated heterocycles. The second-order valence-electron chi connectivity index (χ2n) is 4.24. The molecule has 0 aromatic carbocycles. The summed E-state index contributed by atoms with van der Waals surface area (Å²) in [6, 6.07) is 0. The highest BCUT2D eigenvalue weighted by Gasteiger charge is 2.22. The van der Waals surface area contributed by atoms with Gasteiger partial charge in [-0.05, 0) is 25.7 Å². The molecule has 0 aliphatic carbocycles. The third kappa shape index (κ3) is 5.64. The zero-order valence-corrected chi connectivity index (χ0v) is 10.1. The van der Waals surface area contributed by atoms with Gasteiger partial charge in [0, 0.05) is 0 Å². The lowest BCUT2D eigenvalue weighted by molar-refractivity contribution is -0.928. The minimum absolute atomic E-state index is 0. The van der Waals surface area contributed by atoms with Crippen LogP contribution in [0.3, 0.4) is 0 Å². The zero-order chi connectivity index (χ0) is 10.2. The van der Waals surface area contributed by atoms with Crippen molar-refractivity contribution in [2.75, 3.05) is 26.2 Å². The lowest BCUT2D eigenvalue weighted by Gasteiger charge is -2.38. The fourth-order valence-corrected chi connectivity index (χ4v) is 2.57. The lowest BCUT2D eigenvalue weighted by Crippen LogP contribution is -2.50. The molecule has 0 heterocycles. The summed E-state index contributed by atoms with van der Waals surface area (Å²) in [6.07, 6.45) is 5.33. The molecule has 0 amide bonds. The smallest absolute Gasteiger partial charge is 0.0783 e. The van der Waals surface area contributed by atoms with Crippen molar-refractivity contribution in [1.29, 1.82) is 0 Å². The Hall–Kier alpha value is -0.0400. The maximum absolute atomic E-state index is 2.31. The van der Waals surface area contributed by atoms with Crippen LogP contribution >= 0.6 is 0 Å². The Bertz CT molecular complexity index is 80.3. The molecule has 14 heavy (non-hydrogen) atoms. The highest BCUT2D eigenvalue weighted by molar-refractivity contribution is 4.43.